The van der Waals surface area contributed by atoms with Gasteiger partial charge in [-0.05, 0) is 0 Å². The highest BCUT2D eigenvalue weighted by Crippen LogP contribution is 2.23. The number of rotatable bonds is 5. The molecule has 10 nitrogen and oxygen atoms in total. The molecule has 0 aromatic heterocycles. The average molecular weight is 298 g/mol. The van der Waals surface area contributed by atoms with E-state index in [9.17, 15) is 18.0 Å². The molecule has 108 valence electrons. The SMILES string of the molecule is COS(=O)(=O)OC(C1COC(=O)O1)C1COC(=O)O1. The average Bonchev–Trinajstić information content (AvgIpc) is 2.95. The Morgan fingerprint density at radius 2 is 1.58 bits per heavy atom. The van der Waals surface area contributed by atoms with Crippen LogP contribution in [0.1, 0.15) is 0 Å². The highest BCUT2D eigenvalue weighted by atomic mass is 32.3. The van der Waals surface area contributed by atoms with E-state index in [4.69, 9.17) is 9.47 Å². The summed E-state index contributed by atoms with van der Waals surface area (Å²) in [7, 11) is -3.43. The summed E-state index contributed by atoms with van der Waals surface area (Å²) in [6.07, 6.45) is -5.38. The van der Waals surface area contributed by atoms with Gasteiger partial charge in [-0.15, -0.1) is 0 Å². The van der Waals surface area contributed by atoms with Crippen LogP contribution >= 0.6 is 0 Å². The summed E-state index contributed by atoms with van der Waals surface area (Å²) in [5.41, 5.74) is 0. The Labute approximate surface area is 107 Å². The molecule has 19 heavy (non-hydrogen) atoms. The summed E-state index contributed by atoms with van der Waals surface area (Å²) in [5.74, 6) is 0. The number of carbonyl (C=O) groups is 2. The lowest BCUT2D eigenvalue weighted by molar-refractivity contribution is -0.0247. The van der Waals surface area contributed by atoms with Gasteiger partial charge >= 0.3 is 22.7 Å². The van der Waals surface area contributed by atoms with Gasteiger partial charge in [-0.2, -0.15) is 8.42 Å². The number of hydrogen-bond acceptors (Lipinski definition) is 10. The van der Waals surface area contributed by atoms with Crippen molar-refractivity contribution in [3.8, 4) is 0 Å². The molecule has 0 aromatic carbocycles. The van der Waals surface area contributed by atoms with Gasteiger partial charge in [0.05, 0.1) is 7.11 Å². The first-order valence-electron chi connectivity index (χ1n) is 5.07. The molecule has 2 atom stereocenters. The summed E-state index contributed by atoms with van der Waals surface area (Å²) in [6.45, 7) is -0.479. The van der Waals surface area contributed by atoms with Crippen molar-refractivity contribution in [1.29, 1.82) is 0 Å². The molecule has 0 saturated carbocycles. The summed E-state index contributed by atoms with van der Waals surface area (Å²) in [6, 6.07) is 0. The van der Waals surface area contributed by atoms with Crippen molar-refractivity contribution in [1.82, 2.24) is 0 Å². The zero-order chi connectivity index (χ0) is 14.0. The van der Waals surface area contributed by atoms with Gasteiger partial charge in [-0.1, -0.05) is 0 Å². The zero-order valence-electron chi connectivity index (χ0n) is 9.64. The highest BCUT2D eigenvalue weighted by molar-refractivity contribution is 7.81. The Kier molecular flexibility index (Phi) is 3.78. The van der Waals surface area contributed by atoms with Crippen LogP contribution in [0.3, 0.4) is 0 Å². The van der Waals surface area contributed by atoms with Crippen molar-refractivity contribution >= 4 is 22.7 Å². The molecular formula is C8H10O10S. The maximum absolute atomic E-state index is 11.3. The van der Waals surface area contributed by atoms with Gasteiger partial charge < -0.3 is 18.9 Å². The van der Waals surface area contributed by atoms with Gasteiger partial charge in [0, 0.05) is 0 Å². The third-order valence-corrected chi connectivity index (χ3v) is 3.26. The van der Waals surface area contributed by atoms with Crippen molar-refractivity contribution in [2.75, 3.05) is 20.3 Å². The summed E-state index contributed by atoms with van der Waals surface area (Å²) in [5, 5.41) is 0. The second-order valence-electron chi connectivity index (χ2n) is 3.57. The van der Waals surface area contributed by atoms with E-state index in [2.05, 4.69) is 17.8 Å². The lowest BCUT2D eigenvalue weighted by atomic mass is 10.1. The van der Waals surface area contributed by atoms with Crippen molar-refractivity contribution in [3.05, 3.63) is 0 Å². The molecule has 2 aliphatic rings. The van der Waals surface area contributed by atoms with E-state index < -0.39 is 41.0 Å². The van der Waals surface area contributed by atoms with Gasteiger partial charge in [0.25, 0.3) is 0 Å². The molecule has 0 bridgehead atoms. The molecule has 2 unspecified atom stereocenters. The molecule has 2 aliphatic heterocycles. The van der Waals surface area contributed by atoms with E-state index in [1.54, 1.807) is 0 Å². The van der Waals surface area contributed by atoms with Gasteiger partial charge in [-0.3, -0.25) is 4.18 Å². The topological polar surface area (TPSA) is 124 Å². The fraction of sp³-hybridized carbons (Fsp3) is 0.750. The standard InChI is InChI=1S/C8H10O10S/c1-13-19(11,12)18-6(4-2-14-7(9)16-4)5-3-15-8(10)17-5/h4-6H,2-3H2,1H3. The van der Waals surface area contributed by atoms with E-state index in [-0.39, 0.29) is 13.2 Å². The molecule has 0 aromatic rings. The summed E-state index contributed by atoms with van der Waals surface area (Å²) < 4.78 is 49.8. The van der Waals surface area contributed by atoms with Gasteiger partial charge in [-0.25, -0.2) is 13.8 Å². The normalized spacial score (nSPS) is 28.3. The third kappa shape index (κ3) is 3.24. The van der Waals surface area contributed by atoms with Crippen LogP contribution in [-0.4, -0.2) is 59.4 Å². The zero-order valence-corrected chi connectivity index (χ0v) is 10.5. The van der Waals surface area contributed by atoms with Crippen molar-refractivity contribution in [2.45, 2.75) is 18.3 Å². The molecule has 0 spiro atoms. The summed E-state index contributed by atoms with van der Waals surface area (Å²) >= 11 is 0. The van der Waals surface area contributed by atoms with Crippen LogP contribution in [0, 0.1) is 0 Å². The molecular weight excluding hydrogens is 288 g/mol. The minimum atomic E-state index is -4.32. The highest BCUT2D eigenvalue weighted by Gasteiger charge is 2.46. The quantitative estimate of drug-likeness (QED) is 0.603. The van der Waals surface area contributed by atoms with E-state index in [0.717, 1.165) is 7.11 Å². The van der Waals surface area contributed by atoms with Crippen LogP contribution in [0.25, 0.3) is 0 Å². The van der Waals surface area contributed by atoms with Crippen LogP contribution in [0.15, 0.2) is 0 Å². The molecule has 2 rings (SSSR count). The lowest BCUT2D eigenvalue weighted by Gasteiger charge is -2.22. The van der Waals surface area contributed by atoms with Crippen LogP contribution in [0.5, 0.6) is 0 Å². The third-order valence-electron chi connectivity index (χ3n) is 2.39. The Morgan fingerprint density at radius 3 is 1.89 bits per heavy atom. The Balaban J connectivity index is 2.13. The predicted molar refractivity (Wildman–Crippen MR) is 53.2 cm³/mol. The minimum Gasteiger partial charge on any atom is -0.430 e. The van der Waals surface area contributed by atoms with Crippen molar-refractivity contribution in [2.24, 2.45) is 0 Å². The van der Waals surface area contributed by atoms with E-state index in [1.807, 2.05) is 0 Å². The Hall–Kier alpha value is -1.59. The van der Waals surface area contributed by atoms with Crippen molar-refractivity contribution < 1.29 is 45.3 Å². The second kappa shape index (κ2) is 5.19. The molecule has 0 amide bonds. The van der Waals surface area contributed by atoms with E-state index >= 15 is 0 Å². The fourth-order valence-electron chi connectivity index (χ4n) is 1.55. The summed E-state index contributed by atoms with van der Waals surface area (Å²) in [4.78, 5) is 21.7. The Morgan fingerprint density at radius 1 is 1.11 bits per heavy atom. The molecule has 0 N–H and O–H groups in total. The van der Waals surface area contributed by atoms with Crippen LogP contribution in [0.2, 0.25) is 0 Å². The predicted octanol–water partition coefficient (Wildman–Crippen LogP) is -0.666. The maximum Gasteiger partial charge on any atom is 0.508 e. The van der Waals surface area contributed by atoms with E-state index in [0.29, 0.717) is 0 Å². The van der Waals surface area contributed by atoms with E-state index in [1.165, 1.54) is 0 Å². The minimum absolute atomic E-state index is 0.239. The molecule has 2 saturated heterocycles. The first kappa shape index (κ1) is 13.8. The van der Waals surface area contributed by atoms with Gasteiger partial charge in [0.2, 0.25) is 0 Å². The Bertz CT molecular complexity index is 444. The molecule has 2 fully saturated rings. The first-order valence-corrected chi connectivity index (χ1v) is 6.40. The largest absolute Gasteiger partial charge is 0.508 e. The van der Waals surface area contributed by atoms with Gasteiger partial charge in [0.1, 0.15) is 13.2 Å². The maximum atomic E-state index is 11.3. The smallest absolute Gasteiger partial charge is 0.430 e. The molecule has 11 heteroatoms. The second-order valence-corrected chi connectivity index (χ2v) is 4.91. The monoisotopic (exact) mass is 298 g/mol. The van der Waals surface area contributed by atoms with Crippen LogP contribution in [0.4, 0.5) is 9.59 Å². The van der Waals surface area contributed by atoms with Crippen LogP contribution < -0.4 is 0 Å². The molecule has 0 radical (unpaired) electrons. The van der Waals surface area contributed by atoms with Gasteiger partial charge in [0.15, 0.2) is 18.3 Å². The first-order chi connectivity index (χ1) is 8.91. The number of hydrogen-bond donors (Lipinski definition) is 0. The number of cyclic esters (lactones) is 4. The number of ether oxygens (including phenoxy) is 4. The lowest BCUT2D eigenvalue weighted by Crippen LogP contribution is -2.44. The van der Waals surface area contributed by atoms with Crippen molar-refractivity contribution in [3.63, 3.8) is 0 Å². The molecule has 0 aliphatic carbocycles. The fourth-order valence-corrected chi connectivity index (χ4v) is 2.14. The molecule has 2 heterocycles. The number of carbonyl (C=O) groups excluding carboxylic acids is 2. The van der Waals surface area contributed by atoms with Crippen LogP contribution in [-0.2, 0) is 37.7 Å².